The van der Waals surface area contributed by atoms with Crippen LogP contribution in [-0.2, 0) is 16.1 Å². The lowest BCUT2D eigenvalue weighted by Gasteiger charge is -2.30. The van der Waals surface area contributed by atoms with Crippen LogP contribution in [0, 0.1) is 0 Å². The molecule has 1 aromatic heterocycles. The number of ether oxygens (including phenoxy) is 2. The van der Waals surface area contributed by atoms with Crippen molar-refractivity contribution in [2.24, 2.45) is 0 Å². The van der Waals surface area contributed by atoms with Crippen LogP contribution >= 0.6 is 0 Å². The molecule has 0 spiro atoms. The van der Waals surface area contributed by atoms with Gasteiger partial charge < -0.3 is 14.5 Å². The number of nitrogens with zero attached hydrogens (tertiary/aromatic N) is 2. The zero-order valence-corrected chi connectivity index (χ0v) is 13.1. The molecule has 2 aliphatic rings. The summed E-state index contributed by atoms with van der Waals surface area (Å²) in [5, 5.41) is 0. The van der Waals surface area contributed by atoms with Gasteiger partial charge in [0.1, 0.15) is 24.7 Å². The maximum atomic E-state index is 14.3. The number of likely N-dealkylation sites (tertiary alicyclic amines) is 1. The molecule has 4 rings (SSSR count). The molecule has 2 fully saturated rings. The third-order valence-electron chi connectivity index (χ3n) is 4.81. The van der Waals surface area contributed by atoms with Crippen LogP contribution in [-0.4, -0.2) is 59.5 Å². The van der Waals surface area contributed by atoms with E-state index in [0.29, 0.717) is 25.7 Å². The largest absolute Gasteiger partial charge is 0.381 e. The molecule has 5 nitrogen and oxygen atoms in total. The molecule has 124 valence electrons. The van der Waals surface area contributed by atoms with Gasteiger partial charge in [-0.05, 0) is 25.0 Å². The fourth-order valence-corrected chi connectivity index (χ4v) is 3.53. The van der Waals surface area contributed by atoms with Crippen LogP contribution in [0.15, 0.2) is 24.3 Å². The summed E-state index contributed by atoms with van der Waals surface area (Å²) in [4.78, 5) is 9.91. The Hall–Kier alpha value is -1.50. The van der Waals surface area contributed by atoms with Gasteiger partial charge in [0, 0.05) is 32.3 Å². The summed E-state index contributed by atoms with van der Waals surface area (Å²) in [5.41, 5.74) is 1.90. The van der Waals surface area contributed by atoms with Crippen LogP contribution in [0.25, 0.3) is 11.0 Å². The molecule has 1 aromatic carbocycles. The second-order valence-corrected chi connectivity index (χ2v) is 6.36. The van der Waals surface area contributed by atoms with Crippen molar-refractivity contribution >= 4 is 11.0 Å². The Labute approximate surface area is 134 Å². The standard InChI is InChI=1S/C17H22FN3O2/c18-13-9-21(12-5-7-22-8-6-12)10-16(13)23-11-17-19-14-3-1-2-4-15(14)20-17/h1-4,12-13,16H,5-11H2,(H,19,20). The van der Waals surface area contributed by atoms with Crippen molar-refractivity contribution in [3.8, 4) is 0 Å². The number of nitrogens with one attached hydrogen (secondary N) is 1. The fraction of sp³-hybridized carbons (Fsp3) is 0.588. The van der Waals surface area contributed by atoms with Crippen LogP contribution in [0.1, 0.15) is 18.7 Å². The van der Waals surface area contributed by atoms with Crippen LogP contribution in [0.5, 0.6) is 0 Å². The zero-order valence-electron chi connectivity index (χ0n) is 13.1. The molecule has 0 saturated carbocycles. The van der Waals surface area contributed by atoms with E-state index in [1.54, 1.807) is 0 Å². The molecule has 2 aliphatic heterocycles. The average Bonchev–Trinajstić information content (AvgIpc) is 3.16. The topological polar surface area (TPSA) is 50.4 Å². The molecule has 2 saturated heterocycles. The van der Waals surface area contributed by atoms with Crippen molar-refractivity contribution in [1.82, 2.24) is 14.9 Å². The van der Waals surface area contributed by atoms with Gasteiger partial charge in [-0.15, -0.1) is 0 Å². The lowest BCUT2D eigenvalue weighted by Crippen LogP contribution is -2.38. The third kappa shape index (κ3) is 3.24. The normalized spacial score (nSPS) is 27.0. The summed E-state index contributed by atoms with van der Waals surface area (Å²) in [7, 11) is 0. The van der Waals surface area contributed by atoms with Gasteiger partial charge in [0.15, 0.2) is 0 Å². The molecule has 2 atom stereocenters. The monoisotopic (exact) mass is 319 g/mol. The predicted octanol–water partition coefficient (Wildman–Crippen LogP) is 2.28. The van der Waals surface area contributed by atoms with Crippen molar-refractivity contribution in [1.29, 1.82) is 0 Å². The Morgan fingerprint density at radius 2 is 2.09 bits per heavy atom. The Bertz CT molecular complexity index is 623. The Morgan fingerprint density at radius 1 is 1.26 bits per heavy atom. The van der Waals surface area contributed by atoms with Gasteiger partial charge in [0.25, 0.3) is 0 Å². The maximum Gasteiger partial charge on any atom is 0.140 e. The van der Waals surface area contributed by atoms with E-state index in [2.05, 4.69) is 14.9 Å². The lowest BCUT2D eigenvalue weighted by molar-refractivity contribution is 0.00313. The van der Waals surface area contributed by atoms with Crippen molar-refractivity contribution in [3.63, 3.8) is 0 Å². The van der Waals surface area contributed by atoms with E-state index < -0.39 is 6.17 Å². The van der Waals surface area contributed by atoms with Crippen LogP contribution in [0.4, 0.5) is 4.39 Å². The molecule has 6 heteroatoms. The molecular weight excluding hydrogens is 297 g/mol. The van der Waals surface area contributed by atoms with Gasteiger partial charge in [0.05, 0.1) is 11.0 Å². The minimum atomic E-state index is -0.928. The van der Waals surface area contributed by atoms with E-state index in [1.807, 2.05) is 24.3 Å². The number of benzene rings is 1. The number of halogens is 1. The second kappa shape index (κ2) is 6.55. The number of aromatic amines is 1. The summed E-state index contributed by atoms with van der Waals surface area (Å²) in [6.07, 6.45) is 0.680. The molecular formula is C17H22FN3O2. The maximum absolute atomic E-state index is 14.3. The Morgan fingerprint density at radius 3 is 2.91 bits per heavy atom. The van der Waals surface area contributed by atoms with Gasteiger partial charge in [-0.25, -0.2) is 9.37 Å². The highest BCUT2D eigenvalue weighted by molar-refractivity contribution is 5.74. The quantitative estimate of drug-likeness (QED) is 0.939. The first-order valence-corrected chi connectivity index (χ1v) is 8.31. The summed E-state index contributed by atoms with van der Waals surface area (Å²) in [6.45, 7) is 3.01. The minimum absolute atomic E-state index is 0.321. The molecule has 0 aliphatic carbocycles. The van der Waals surface area contributed by atoms with Crippen LogP contribution < -0.4 is 0 Å². The number of H-pyrrole nitrogens is 1. The summed E-state index contributed by atoms with van der Waals surface area (Å²) in [5.74, 6) is 0.753. The summed E-state index contributed by atoms with van der Waals surface area (Å²) >= 11 is 0. The van der Waals surface area contributed by atoms with E-state index in [1.165, 1.54) is 0 Å². The number of hydrogen-bond donors (Lipinski definition) is 1. The molecule has 0 bridgehead atoms. The van der Waals surface area contributed by atoms with Gasteiger partial charge in [-0.1, -0.05) is 12.1 Å². The number of imidazole rings is 1. The summed E-state index contributed by atoms with van der Waals surface area (Å²) in [6, 6.07) is 8.28. The van der Waals surface area contributed by atoms with Crippen LogP contribution in [0.2, 0.25) is 0 Å². The number of alkyl halides is 1. The lowest BCUT2D eigenvalue weighted by atomic mass is 10.1. The minimum Gasteiger partial charge on any atom is -0.381 e. The molecule has 23 heavy (non-hydrogen) atoms. The molecule has 3 heterocycles. The smallest absolute Gasteiger partial charge is 0.140 e. The van der Waals surface area contributed by atoms with E-state index in [9.17, 15) is 4.39 Å². The predicted molar refractivity (Wildman–Crippen MR) is 85.0 cm³/mol. The van der Waals surface area contributed by atoms with Crippen molar-refractivity contribution < 1.29 is 13.9 Å². The number of aromatic nitrogens is 2. The van der Waals surface area contributed by atoms with Crippen molar-refractivity contribution in [2.75, 3.05) is 26.3 Å². The van der Waals surface area contributed by atoms with Crippen molar-refractivity contribution in [3.05, 3.63) is 30.1 Å². The summed E-state index contributed by atoms with van der Waals surface area (Å²) < 4.78 is 25.5. The SMILES string of the molecule is FC1CN(C2CCOCC2)CC1OCc1nc2ccccc2[nH]1. The highest BCUT2D eigenvalue weighted by Crippen LogP contribution is 2.24. The average molecular weight is 319 g/mol. The second-order valence-electron chi connectivity index (χ2n) is 6.36. The van der Waals surface area contributed by atoms with E-state index in [4.69, 9.17) is 9.47 Å². The van der Waals surface area contributed by atoms with E-state index in [0.717, 1.165) is 42.9 Å². The molecule has 2 aromatic rings. The molecule has 0 radical (unpaired) electrons. The van der Waals surface area contributed by atoms with Crippen molar-refractivity contribution in [2.45, 2.75) is 37.8 Å². The molecule has 2 unspecified atom stereocenters. The zero-order chi connectivity index (χ0) is 15.6. The molecule has 0 amide bonds. The van der Waals surface area contributed by atoms with Gasteiger partial charge in [-0.2, -0.15) is 0 Å². The Kier molecular flexibility index (Phi) is 4.29. The number of para-hydroxylation sites is 2. The van der Waals surface area contributed by atoms with Gasteiger partial charge in [-0.3, -0.25) is 4.90 Å². The Balaban J connectivity index is 1.35. The number of fused-ring (bicyclic) bond motifs is 1. The number of rotatable bonds is 4. The highest BCUT2D eigenvalue weighted by atomic mass is 19.1. The third-order valence-corrected chi connectivity index (χ3v) is 4.81. The van der Waals surface area contributed by atoms with Gasteiger partial charge >= 0.3 is 0 Å². The van der Waals surface area contributed by atoms with E-state index >= 15 is 0 Å². The van der Waals surface area contributed by atoms with Crippen LogP contribution in [0.3, 0.4) is 0 Å². The fourth-order valence-electron chi connectivity index (χ4n) is 3.53. The first-order valence-electron chi connectivity index (χ1n) is 8.31. The molecule has 1 N–H and O–H groups in total. The first-order chi connectivity index (χ1) is 11.3. The van der Waals surface area contributed by atoms with Gasteiger partial charge in [0.2, 0.25) is 0 Å². The van der Waals surface area contributed by atoms with E-state index in [-0.39, 0.29) is 6.10 Å². The highest BCUT2D eigenvalue weighted by Gasteiger charge is 2.37. The number of hydrogen-bond acceptors (Lipinski definition) is 4. The first kappa shape index (κ1) is 15.1.